The third kappa shape index (κ3) is 4.27. The molecule has 5 rings (SSSR count). The maximum Gasteiger partial charge on any atom is 0.262 e. The van der Waals surface area contributed by atoms with E-state index >= 15 is 0 Å². The van der Waals surface area contributed by atoms with E-state index in [1.165, 1.54) is 32.1 Å². The summed E-state index contributed by atoms with van der Waals surface area (Å²) in [6.07, 6.45) is 8.27. The lowest BCUT2D eigenvalue weighted by Gasteiger charge is -2.40. The molecule has 1 saturated carbocycles. The largest absolute Gasteiger partial charge is 0.497 e. The molecular weight excluding hydrogens is 414 g/mol. The molecule has 0 bridgehead atoms. The molecule has 1 amide bonds. The van der Waals surface area contributed by atoms with Gasteiger partial charge in [0.1, 0.15) is 5.75 Å². The van der Waals surface area contributed by atoms with Crippen molar-refractivity contribution >= 4 is 16.7 Å². The van der Waals surface area contributed by atoms with Crippen molar-refractivity contribution in [2.24, 2.45) is 0 Å². The minimum Gasteiger partial charge on any atom is -0.497 e. The van der Waals surface area contributed by atoms with Crippen molar-refractivity contribution in [2.45, 2.75) is 38.1 Å². The summed E-state index contributed by atoms with van der Waals surface area (Å²) >= 11 is 0. The molecule has 6 nitrogen and oxygen atoms in total. The molecular formula is C27H31N3O3. The maximum absolute atomic E-state index is 13.7. The van der Waals surface area contributed by atoms with Gasteiger partial charge in [-0.05, 0) is 43.2 Å². The van der Waals surface area contributed by atoms with Gasteiger partial charge in [0.25, 0.3) is 11.5 Å². The van der Waals surface area contributed by atoms with Crippen LogP contribution in [0.5, 0.6) is 5.75 Å². The highest BCUT2D eigenvalue weighted by Crippen LogP contribution is 2.25. The number of methoxy groups -OCH3 is 1. The summed E-state index contributed by atoms with van der Waals surface area (Å²) < 4.78 is 6.82. The Morgan fingerprint density at radius 3 is 2.21 bits per heavy atom. The number of ether oxygens (including phenoxy) is 1. The van der Waals surface area contributed by atoms with E-state index in [1.54, 1.807) is 23.9 Å². The Morgan fingerprint density at radius 1 is 0.879 bits per heavy atom. The van der Waals surface area contributed by atoms with Crippen LogP contribution in [0.2, 0.25) is 0 Å². The molecule has 2 aromatic carbocycles. The van der Waals surface area contributed by atoms with E-state index in [0.29, 0.717) is 28.1 Å². The highest BCUT2D eigenvalue weighted by atomic mass is 16.5. The second-order valence-electron chi connectivity index (χ2n) is 9.08. The van der Waals surface area contributed by atoms with Crippen LogP contribution >= 0.6 is 0 Å². The lowest BCUT2D eigenvalue weighted by Crippen LogP contribution is -2.52. The van der Waals surface area contributed by atoms with Crippen molar-refractivity contribution in [2.75, 3.05) is 33.3 Å². The fourth-order valence-electron chi connectivity index (χ4n) is 5.30. The van der Waals surface area contributed by atoms with Crippen LogP contribution < -0.4 is 10.3 Å². The zero-order chi connectivity index (χ0) is 22.8. The number of nitrogens with zero attached hydrogens (tertiary/aromatic N) is 3. The summed E-state index contributed by atoms with van der Waals surface area (Å²) in [5, 5.41) is 1.27. The molecule has 1 saturated heterocycles. The quantitative estimate of drug-likeness (QED) is 0.607. The SMILES string of the molecule is COc1ccc(-n2cc(C(=O)N3CCN(C4CCCCC4)CC3)c3ccccc3c2=O)cc1. The Labute approximate surface area is 194 Å². The molecule has 0 unspecified atom stereocenters. The van der Waals surface area contributed by atoms with Crippen molar-refractivity contribution in [1.82, 2.24) is 14.4 Å². The van der Waals surface area contributed by atoms with E-state index in [2.05, 4.69) is 4.90 Å². The molecule has 2 aliphatic rings. The van der Waals surface area contributed by atoms with Crippen LogP contribution in [0.25, 0.3) is 16.5 Å². The van der Waals surface area contributed by atoms with Crippen LogP contribution in [0.1, 0.15) is 42.5 Å². The van der Waals surface area contributed by atoms with Gasteiger partial charge in [0, 0.05) is 54.9 Å². The van der Waals surface area contributed by atoms with E-state index in [1.807, 2.05) is 47.4 Å². The number of rotatable bonds is 4. The standard InChI is InChI=1S/C27H31N3O3/c1-33-22-13-11-21(12-14-22)30-19-25(23-9-5-6-10-24(23)27(30)32)26(31)29-17-15-28(16-18-29)20-7-3-2-4-8-20/h5-6,9-14,19-20H,2-4,7-8,15-18H2,1H3. The van der Waals surface area contributed by atoms with Gasteiger partial charge < -0.3 is 9.64 Å². The maximum atomic E-state index is 13.7. The number of piperazine rings is 1. The number of pyridine rings is 1. The molecule has 1 aromatic heterocycles. The molecule has 0 atom stereocenters. The lowest BCUT2D eigenvalue weighted by atomic mass is 9.94. The highest BCUT2D eigenvalue weighted by molar-refractivity contribution is 6.06. The molecule has 2 heterocycles. The first-order chi connectivity index (χ1) is 16.2. The molecule has 0 N–H and O–H groups in total. The van der Waals surface area contributed by atoms with Gasteiger partial charge in [-0.25, -0.2) is 0 Å². The lowest BCUT2D eigenvalue weighted by molar-refractivity contribution is 0.0524. The van der Waals surface area contributed by atoms with Gasteiger partial charge >= 0.3 is 0 Å². The van der Waals surface area contributed by atoms with E-state index < -0.39 is 0 Å². The van der Waals surface area contributed by atoms with Crippen molar-refractivity contribution < 1.29 is 9.53 Å². The zero-order valence-electron chi connectivity index (χ0n) is 19.2. The number of carbonyl (C=O) groups is 1. The Hall–Kier alpha value is -3.12. The molecule has 6 heteroatoms. The molecule has 2 fully saturated rings. The number of hydrogen-bond donors (Lipinski definition) is 0. The van der Waals surface area contributed by atoms with E-state index in [9.17, 15) is 9.59 Å². The summed E-state index contributed by atoms with van der Waals surface area (Å²) in [5.41, 5.74) is 1.16. The molecule has 1 aliphatic heterocycles. The van der Waals surface area contributed by atoms with Gasteiger partial charge in [-0.15, -0.1) is 0 Å². The Bertz CT molecular complexity index is 1190. The first-order valence-corrected chi connectivity index (χ1v) is 12.0. The van der Waals surface area contributed by atoms with Crippen molar-refractivity contribution in [3.63, 3.8) is 0 Å². The van der Waals surface area contributed by atoms with Crippen LogP contribution in [0, 0.1) is 0 Å². The predicted octanol–water partition coefficient (Wildman–Crippen LogP) is 4.09. The summed E-state index contributed by atoms with van der Waals surface area (Å²) in [7, 11) is 1.61. The number of aromatic nitrogens is 1. The van der Waals surface area contributed by atoms with E-state index in [-0.39, 0.29) is 11.5 Å². The number of benzene rings is 2. The van der Waals surface area contributed by atoms with Crippen LogP contribution in [0.15, 0.2) is 59.5 Å². The fourth-order valence-corrected chi connectivity index (χ4v) is 5.30. The topological polar surface area (TPSA) is 54.8 Å². The zero-order valence-corrected chi connectivity index (χ0v) is 19.2. The second-order valence-corrected chi connectivity index (χ2v) is 9.08. The van der Waals surface area contributed by atoms with E-state index in [0.717, 1.165) is 31.9 Å². The van der Waals surface area contributed by atoms with Gasteiger partial charge in [-0.3, -0.25) is 19.1 Å². The van der Waals surface area contributed by atoms with Gasteiger partial charge in [0.05, 0.1) is 12.7 Å². The highest BCUT2D eigenvalue weighted by Gasteiger charge is 2.28. The van der Waals surface area contributed by atoms with Crippen LogP contribution in [0.3, 0.4) is 0 Å². The second kappa shape index (κ2) is 9.40. The number of hydrogen-bond acceptors (Lipinski definition) is 4. The molecule has 172 valence electrons. The average Bonchev–Trinajstić information content (AvgIpc) is 2.89. The van der Waals surface area contributed by atoms with Crippen molar-refractivity contribution in [1.29, 1.82) is 0 Å². The van der Waals surface area contributed by atoms with Crippen LogP contribution in [0.4, 0.5) is 0 Å². The molecule has 0 spiro atoms. The van der Waals surface area contributed by atoms with Crippen molar-refractivity contribution in [3.05, 3.63) is 70.6 Å². The third-order valence-corrected chi connectivity index (χ3v) is 7.20. The monoisotopic (exact) mass is 445 g/mol. The van der Waals surface area contributed by atoms with Crippen LogP contribution in [-0.2, 0) is 0 Å². The van der Waals surface area contributed by atoms with Gasteiger partial charge in [-0.2, -0.15) is 0 Å². The van der Waals surface area contributed by atoms with Crippen LogP contribution in [-0.4, -0.2) is 59.6 Å². The Morgan fingerprint density at radius 2 is 1.55 bits per heavy atom. The Balaban J connectivity index is 1.45. The average molecular weight is 446 g/mol. The number of amides is 1. The summed E-state index contributed by atoms with van der Waals surface area (Å²) in [6.45, 7) is 3.30. The first-order valence-electron chi connectivity index (χ1n) is 12.0. The smallest absolute Gasteiger partial charge is 0.262 e. The van der Waals surface area contributed by atoms with Crippen molar-refractivity contribution in [3.8, 4) is 11.4 Å². The van der Waals surface area contributed by atoms with Gasteiger partial charge in [-0.1, -0.05) is 37.5 Å². The summed E-state index contributed by atoms with van der Waals surface area (Å²) in [5.74, 6) is 0.719. The molecule has 1 aliphatic carbocycles. The fraction of sp³-hybridized carbons (Fsp3) is 0.407. The van der Waals surface area contributed by atoms with E-state index in [4.69, 9.17) is 4.74 Å². The minimum absolute atomic E-state index is 0.00300. The number of carbonyl (C=O) groups excluding carboxylic acids is 1. The summed E-state index contributed by atoms with van der Waals surface area (Å²) in [4.78, 5) is 31.4. The number of fused-ring (bicyclic) bond motifs is 1. The first kappa shape index (κ1) is 21.7. The third-order valence-electron chi connectivity index (χ3n) is 7.20. The Kier molecular flexibility index (Phi) is 6.18. The molecule has 3 aromatic rings. The normalized spacial score (nSPS) is 17.9. The molecule has 0 radical (unpaired) electrons. The predicted molar refractivity (Wildman–Crippen MR) is 130 cm³/mol. The van der Waals surface area contributed by atoms with Gasteiger partial charge in [0.2, 0.25) is 0 Å². The summed E-state index contributed by atoms with van der Waals surface area (Å²) in [6, 6.07) is 15.4. The minimum atomic E-state index is -0.130. The molecule has 33 heavy (non-hydrogen) atoms. The van der Waals surface area contributed by atoms with Gasteiger partial charge in [0.15, 0.2) is 0 Å².